The fourth-order valence-electron chi connectivity index (χ4n) is 1.72. The van der Waals surface area contributed by atoms with Crippen LogP contribution in [0.15, 0.2) is 47.5 Å². The summed E-state index contributed by atoms with van der Waals surface area (Å²) >= 11 is 0. The SMILES string of the molecule is NC(N)=NCCCOc1ccc2ccccc2c1. The van der Waals surface area contributed by atoms with Crippen LogP contribution in [0.25, 0.3) is 10.8 Å². The second-order valence-corrected chi connectivity index (χ2v) is 4.02. The molecule has 0 aromatic heterocycles. The van der Waals surface area contributed by atoms with Crippen molar-refractivity contribution in [3.05, 3.63) is 42.5 Å². The molecule has 18 heavy (non-hydrogen) atoms. The quantitative estimate of drug-likeness (QED) is 0.478. The Hall–Kier alpha value is -2.23. The van der Waals surface area contributed by atoms with Crippen LogP contribution in [-0.2, 0) is 0 Å². The number of hydrogen-bond donors (Lipinski definition) is 2. The van der Waals surface area contributed by atoms with Crippen LogP contribution in [0.5, 0.6) is 5.75 Å². The zero-order chi connectivity index (χ0) is 12.8. The van der Waals surface area contributed by atoms with Crippen LogP contribution in [0.1, 0.15) is 6.42 Å². The molecular weight excluding hydrogens is 226 g/mol. The van der Waals surface area contributed by atoms with Crippen molar-refractivity contribution in [2.24, 2.45) is 16.5 Å². The average molecular weight is 243 g/mol. The van der Waals surface area contributed by atoms with Gasteiger partial charge in [-0.1, -0.05) is 30.3 Å². The number of hydrogen-bond acceptors (Lipinski definition) is 2. The Labute approximate surface area is 106 Å². The Balaban J connectivity index is 1.90. The lowest BCUT2D eigenvalue weighted by Gasteiger charge is -2.06. The zero-order valence-corrected chi connectivity index (χ0v) is 10.2. The molecule has 0 amide bonds. The molecule has 2 rings (SSSR count). The molecule has 4 nitrogen and oxygen atoms in total. The van der Waals surface area contributed by atoms with E-state index in [1.807, 2.05) is 24.3 Å². The van der Waals surface area contributed by atoms with Gasteiger partial charge in [-0.05, 0) is 22.9 Å². The molecule has 0 radical (unpaired) electrons. The minimum Gasteiger partial charge on any atom is -0.494 e. The van der Waals surface area contributed by atoms with Crippen molar-refractivity contribution in [2.75, 3.05) is 13.2 Å². The lowest BCUT2D eigenvalue weighted by atomic mass is 10.1. The van der Waals surface area contributed by atoms with Gasteiger partial charge in [0.15, 0.2) is 5.96 Å². The van der Waals surface area contributed by atoms with E-state index in [1.54, 1.807) is 0 Å². The first kappa shape index (κ1) is 12.2. The molecule has 0 heterocycles. The van der Waals surface area contributed by atoms with Crippen LogP contribution in [0.3, 0.4) is 0 Å². The van der Waals surface area contributed by atoms with Gasteiger partial charge >= 0.3 is 0 Å². The number of nitrogens with two attached hydrogens (primary N) is 2. The summed E-state index contributed by atoms with van der Waals surface area (Å²) in [6.07, 6.45) is 0.796. The first-order valence-corrected chi connectivity index (χ1v) is 5.93. The lowest BCUT2D eigenvalue weighted by Crippen LogP contribution is -2.23. The molecule has 0 aliphatic heterocycles. The Morgan fingerprint density at radius 1 is 1.06 bits per heavy atom. The molecular formula is C14H17N3O. The zero-order valence-electron chi connectivity index (χ0n) is 10.2. The van der Waals surface area contributed by atoms with Gasteiger partial charge < -0.3 is 16.2 Å². The Bertz CT molecular complexity index is 547. The molecule has 0 unspecified atom stereocenters. The Kier molecular flexibility index (Phi) is 4.02. The van der Waals surface area contributed by atoms with Gasteiger partial charge in [0.25, 0.3) is 0 Å². The summed E-state index contributed by atoms with van der Waals surface area (Å²) in [7, 11) is 0. The molecule has 0 saturated carbocycles. The maximum absolute atomic E-state index is 5.65. The predicted molar refractivity (Wildman–Crippen MR) is 74.7 cm³/mol. The second kappa shape index (κ2) is 5.91. The highest BCUT2D eigenvalue weighted by atomic mass is 16.5. The summed E-state index contributed by atoms with van der Waals surface area (Å²) in [4.78, 5) is 3.90. The van der Waals surface area contributed by atoms with E-state index in [0.717, 1.165) is 12.2 Å². The third-order valence-corrected chi connectivity index (χ3v) is 2.59. The van der Waals surface area contributed by atoms with Crippen molar-refractivity contribution in [1.29, 1.82) is 0 Å². The summed E-state index contributed by atoms with van der Waals surface area (Å²) in [5.74, 6) is 0.999. The van der Waals surface area contributed by atoms with Crippen molar-refractivity contribution in [1.82, 2.24) is 0 Å². The summed E-state index contributed by atoms with van der Waals surface area (Å²) in [5.41, 5.74) is 10.5. The molecule has 0 aliphatic rings. The number of nitrogens with zero attached hydrogens (tertiary/aromatic N) is 1. The summed E-state index contributed by atoms with van der Waals surface area (Å²) < 4.78 is 5.65. The number of guanidine groups is 1. The number of benzene rings is 2. The predicted octanol–water partition coefficient (Wildman–Crippen LogP) is 1.88. The van der Waals surface area contributed by atoms with Crippen LogP contribution >= 0.6 is 0 Å². The molecule has 4 heteroatoms. The van der Waals surface area contributed by atoms with Gasteiger partial charge in [0.2, 0.25) is 0 Å². The summed E-state index contributed by atoms with van der Waals surface area (Å²) in [6, 6.07) is 14.3. The highest BCUT2D eigenvalue weighted by Crippen LogP contribution is 2.20. The van der Waals surface area contributed by atoms with E-state index in [-0.39, 0.29) is 5.96 Å². The van der Waals surface area contributed by atoms with Gasteiger partial charge in [-0.3, -0.25) is 4.99 Å². The average Bonchev–Trinajstić information content (AvgIpc) is 2.38. The molecule has 0 bridgehead atoms. The maximum Gasteiger partial charge on any atom is 0.185 e. The lowest BCUT2D eigenvalue weighted by molar-refractivity contribution is 0.314. The molecule has 0 atom stereocenters. The number of aliphatic imine (C=N–C) groups is 1. The third-order valence-electron chi connectivity index (χ3n) is 2.59. The van der Waals surface area contributed by atoms with E-state index in [0.29, 0.717) is 13.2 Å². The van der Waals surface area contributed by atoms with Gasteiger partial charge in [0.1, 0.15) is 5.75 Å². The first-order valence-electron chi connectivity index (χ1n) is 5.93. The molecule has 2 aromatic rings. The van der Waals surface area contributed by atoms with Crippen LogP contribution in [0.2, 0.25) is 0 Å². The van der Waals surface area contributed by atoms with Gasteiger partial charge in [-0.25, -0.2) is 0 Å². The van der Waals surface area contributed by atoms with Gasteiger partial charge in [0.05, 0.1) is 6.61 Å². The molecule has 94 valence electrons. The van der Waals surface area contributed by atoms with Crippen LogP contribution in [0, 0.1) is 0 Å². The van der Waals surface area contributed by atoms with E-state index >= 15 is 0 Å². The second-order valence-electron chi connectivity index (χ2n) is 4.02. The maximum atomic E-state index is 5.65. The van der Waals surface area contributed by atoms with Crippen LogP contribution < -0.4 is 16.2 Å². The van der Waals surface area contributed by atoms with E-state index in [1.165, 1.54) is 10.8 Å². The number of fused-ring (bicyclic) bond motifs is 1. The van der Waals surface area contributed by atoms with Crippen molar-refractivity contribution < 1.29 is 4.74 Å². The molecule has 4 N–H and O–H groups in total. The fraction of sp³-hybridized carbons (Fsp3) is 0.214. The minimum absolute atomic E-state index is 0.126. The fourth-order valence-corrected chi connectivity index (χ4v) is 1.72. The van der Waals surface area contributed by atoms with Crippen LogP contribution in [-0.4, -0.2) is 19.1 Å². The van der Waals surface area contributed by atoms with E-state index in [9.17, 15) is 0 Å². The molecule has 0 spiro atoms. The number of rotatable bonds is 5. The van der Waals surface area contributed by atoms with Gasteiger partial charge in [-0.2, -0.15) is 0 Å². The Morgan fingerprint density at radius 3 is 2.61 bits per heavy atom. The molecule has 0 aliphatic carbocycles. The minimum atomic E-state index is 0.126. The monoisotopic (exact) mass is 243 g/mol. The van der Waals surface area contributed by atoms with Crippen molar-refractivity contribution >= 4 is 16.7 Å². The normalized spacial score (nSPS) is 10.2. The van der Waals surface area contributed by atoms with Crippen molar-refractivity contribution in [3.63, 3.8) is 0 Å². The number of ether oxygens (including phenoxy) is 1. The van der Waals surface area contributed by atoms with Gasteiger partial charge in [-0.15, -0.1) is 0 Å². The molecule has 2 aromatic carbocycles. The van der Waals surface area contributed by atoms with E-state index in [2.05, 4.69) is 23.2 Å². The smallest absolute Gasteiger partial charge is 0.185 e. The Morgan fingerprint density at radius 2 is 1.83 bits per heavy atom. The van der Waals surface area contributed by atoms with Crippen molar-refractivity contribution in [3.8, 4) is 5.75 Å². The van der Waals surface area contributed by atoms with Crippen LogP contribution in [0.4, 0.5) is 0 Å². The van der Waals surface area contributed by atoms with Crippen molar-refractivity contribution in [2.45, 2.75) is 6.42 Å². The topological polar surface area (TPSA) is 73.6 Å². The largest absolute Gasteiger partial charge is 0.494 e. The standard InChI is InChI=1S/C14H17N3O/c15-14(16)17-8-3-9-18-13-7-6-11-4-1-2-5-12(11)10-13/h1-2,4-7,10H,3,8-9H2,(H4,15,16,17). The van der Waals surface area contributed by atoms with Gasteiger partial charge in [0, 0.05) is 13.0 Å². The summed E-state index contributed by atoms with van der Waals surface area (Å²) in [6.45, 7) is 1.20. The van der Waals surface area contributed by atoms with E-state index < -0.39 is 0 Å². The third kappa shape index (κ3) is 3.38. The first-order chi connectivity index (χ1) is 8.75. The van der Waals surface area contributed by atoms with E-state index in [4.69, 9.17) is 16.2 Å². The highest BCUT2D eigenvalue weighted by Gasteiger charge is 1.96. The molecule has 0 saturated heterocycles. The summed E-state index contributed by atoms with van der Waals surface area (Å²) in [5, 5.41) is 2.39. The molecule has 0 fully saturated rings. The highest BCUT2D eigenvalue weighted by molar-refractivity contribution is 5.83.